The van der Waals surface area contributed by atoms with Crippen molar-refractivity contribution in [2.24, 2.45) is 0 Å². The van der Waals surface area contributed by atoms with E-state index in [0.29, 0.717) is 35.7 Å². The Balaban J connectivity index is 1.41. The van der Waals surface area contributed by atoms with Crippen molar-refractivity contribution in [1.82, 2.24) is 14.8 Å². The summed E-state index contributed by atoms with van der Waals surface area (Å²) in [6, 6.07) is 26.1. The molecule has 0 aliphatic carbocycles. The van der Waals surface area contributed by atoms with E-state index in [1.54, 1.807) is 0 Å². The molecule has 0 fully saturated rings. The van der Waals surface area contributed by atoms with Crippen LogP contribution in [0.5, 0.6) is 11.5 Å². The molecule has 0 spiro atoms. The Kier molecular flexibility index (Phi) is 8.54. The fourth-order valence-corrected chi connectivity index (χ4v) is 5.82. The topological polar surface area (TPSA) is 92.3 Å². The summed E-state index contributed by atoms with van der Waals surface area (Å²) in [6.45, 7) is 8.42. The fraction of sp³-hybridized carbons (Fsp3) is 0.250. The van der Waals surface area contributed by atoms with Gasteiger partial charge in [0.15, 0.2) is 16.7 Å². The molecule has 0 aliphatic heterocycles. The highest BCUT2D eigenvalue weighted by atomic mass is 32.2. The van der Waals surface area contributed by atoms with E-state index < -0.39 is 5.25 Å². The number of thioether (sulfide) groups is 1. The van der Waals surface area contributed by atoms with Crippen molar-refractivity contribution in [3.63, 3.8) is 0 Å². The summed E-state index contributed by atoms with van der Waals surface area (Å²) < 4.78 is 14.0. The molecular formula is C32H32N4O4S. The Morgan fingerprint density at radius 3 is 2.44 bits per heavy atom. The second-order valence-corrected chi connectivity index (χ2v) is 11.0. The monoisotopic (exact) mass is 568 g/mol. The molecule has 0 saturated carbocycles. The van der Waals surface area contributed by atoms with Gasteiger partial charge < -0.3 is 9.47 Å². The fourth-order valence-electron chi connectivity index (χ4n) is 4.66. The molecule has 0 bridgehead atoms. The number of rotatable bonds is 11. The molecule has 9 heteroatoms. The van der Waals surface area contributed by atoms with Crippen molar-refractivity contribution in [3.8, 4) is 17.2 Å². The first-order valence-corrected chi connectivity index (χ1v) is 14.4. The van der Waals surface area contributed by atoms with Gasteiger partial charge in [-0.25, -0.2) is 0 Å². The standard InChI is InChI=1S/C32H32N4O4S/c1-5-39-30-18-27(13-15-29(30)40-20-24-11-12-25-8-6-7-9-26(25)17-24)31(19-35(37)38)41-32-34-33-23(4)36(32)28-14-10-21(2)22(3)16-28/h6-18,31H,5,19-20H2,1-4H3/t31-/m1/s1. The molecule has 1 atom stereocenters. The van der Waals surface area contributed by atoms with Crippen molar-refractivity contribution in [1.29, 1.82) is 0 Å². The smallest absolute Gasteiger partial charge is 0.220 e. The van der Waals surface area contributed by atoms with Gasteiger partial charge in [-0.3, -0.25) is 14.7 Å². The third-order valence-corrected chi connectivity index (χ3v) is 8.13. The third-order valence-electron chi connectivity index (χ3n) is 6.95. The number of aromatic nitrogens is 3. The van der Waals surface area contributed by atoms with Crippen LogP contribution in [0.25, 0.3) is 16.5 Å². The van der Waals surface area contributed by atoms with E-state index in [9.17, 15) is 10.1 Å². The first-order valence-electron chi connectivity index (χ1n) is 13.5. The summed E-state index contributed by atoms with van der Waals surface area (Å²) in [6.07, 6.45) is 0. The largest absolute Gasteiger partial charge is 0.490 e. The number of aryl methyl sites for hydroxylation is 3. The summed E-state index contributed by atoms with van der Waals surface area (Å²) in [4.78, 5) is 11.4. The van der Waals surface area contributed by atoms with Gasteiger partial charge >= 0.3 is 0 Å². The van der Waals surface area contributed by atoms with E-state index >= 15 is 0 Å². The van der Waals surface area contributed by atoms with Crippen LogP contribution < -0.4 is 9.47 Å². The zero-order valence-electron chi connectivity index (χ0n) is 23.5. The van der Waals surface area contributed by atoms with Crippen LogP contribution in [0.15, 0.2) is 84.0 Å². The molecule has 41 heavy (non-hydrogen) atoms. The van der Waals surface area contributed by atoms with Crippen LogP contribution in [0.4, 0.5) is 0 Å². The molecule has 8 nitrogen and oxygen atoms in total. The van der Waals surface area contributed by atoms with Gasteiger partial charge in [-0.1, -0.05) is 60.3 Å². The normalized spacial score (nSPS) is 11.9. The predicted octanol–water partition coefficient (Wildman–Crippen LogP) is 7.43. The Bertz CT molecular complexity index is 1700. The van der Waals surface area contributed by atoms with Crippen molar-refractivity contribution in [3.05, 3.63) is 117 Å². The first-order chi connectivity index (χ1) is 19.8. The second kappa shape index (κ2) is 12.4. The SMILES string of the molecule is CCOc1cc([C@@H](C[N+](=O)[O-])Sc2nnc(C)n2-c2ccc(C)c(C)c2)ccc1OCc1ccc2ccccc2c1. The molecule has 0 aliphatic rings. The molecule has 0 saturated heterocycles. The van der Waals surface area contributed by atoms with E-state index in [-0.39, 0.29) is 11.5 Å². The predicted molar refractivity (Wildman–Crippen MR) is 162 cm³/mol. The summed E-state index contributed by atoms with van der Waals surface area (Å²) in [5.41, 5.74) is 5.05. The first kappa shape index (κ1) is 28.2. The summed E-state index contributed by atoms with van der Waals surface area (Å²) >= 11 is 1.32. The Hall–Kier alpha value is -4.37. The zero-order chi connectivity index (χ0) is 28.9. The molecule has 0 radical (unpaired) electrons. The van der Waals surface area contributed by atoms with Crippen LogP contribution in [0.3, 0.4) is 0 Å². The lowest BCUT2D eigenvalue weighted by molar-refractivity contribution is -0.479. The van der Waals surface area contributed by atoms with E-state index in [0.717, 1.165) is 27.8 Å². The molecule has 1 aromatic heterocycles. The molecule has 0 amide bonds. The van der Waals surface area contributed by atoms with Crippen molar-refractivity contribution >= 4 is 22.5 Å². The van der Waals surface area contributed by atoms with Crippen LogP contribution in [-0.4, -0.2) is 32.8 Å². The van der Waals surface area contributed by atoms with Crippen LogP contribution >= 0.6 is 11.8 Å². The highest BCUT2D eigenvalue weighted by Gasteiger charge is 2.25. The number of benzene rings is 4. The minimum Gasteiger partial charge on any atom is -0.490 e. The number of ether oxygens (including phenoxy) is 2. The van der Waals surface area contributed by atoms with Crippen LogP contribution in [0.2, 0.25) is 0 Å². The highest BCUT2D eigenvalue weighted by molar-refractivity contribution is 7.99. The maximum Gasteiger partial charge on any atom is 0.220 e. The lowest BCUT2D eigenvalue weighted by Crippen LogP contribution is -2.12. The molecule has 4 aromatic carbocycles. The molecule has 1 heterocycles. The van der Waals surface area contributed by atoms with E-state index in [4.69, 9.17) is 9.47 Å². The van der Waals surface area contributed by atoms with Crippen LogP contribution in [0, 0.1) is 30.9 Å². The number of nitro groups is 1. The Morgan fingerprint density at radius 2 is 1.68 bits per heavy atom. The van der Waals surface area contributed by atoms with Crippen molar-refractivity contribution in [2.45, 2.75) is 44.7 Å². The van der Waals surface area contributed by atoms with Gasteiger partial charge in [-0.2, -0.15) is 0 Å². The maximum atomic E-state index is 11.7. The summed E-state index contributed by atoms with van der Waals surface area (Å²) in [7, 11) is 0. The van der Waals surface area contributed by atoms with Gasteiger partial charge in [-0.05, 0) is 91.1 Å². The average Bonchev–Trinajstić information content (AvgIpc) is 3.32. The van der Waals surface area contributed by atoms with Crippen LogP contribution in [-0.2, 0) is 6.61 Å². The number of hydrogen-bond acceptors (Lipinski definition) is 7. The quantitative estimate of drug-likeness (QED) is 0.0929. The zero-order valence-corrected chi connectivity index (χ0v) is 24.4. The minimum atomic E-state index is -0.521. The maximum absolute atomic E-state index is 11.7. The molecule has 0 unspecified atom stereocenters. The molecule has 5 aromatic rings. The Morgan fingerprint density at radius 1 is 0.878 bits per heavy atom. The lowest BCUT2D eigenvalue weighted by atomic mass is 10.1. The van der Waals surface area contributed by atoms with Gasteiger partial charge in [0.05, 0.1) is 6.61 Å². The van der Waals surface area contributed by atoms with Gasteiger partial charge in [0.25, 0.3) is 0 Å². The number of nitrogens with zero attached hydrogens (tertiary/aromatic N) is 4. The van der Waals surface area contributed by atoms with Gasteiger partial charge in [0, 0.05) is 10.6 Å². The van der Waals surface area contributed by atoms with Crippen LogP contribution in [0.1, 0.15) is 40.3 Å². The third kappa shape index (κ3) is 6.52. The molecule has 5 rings (SSSR count). The molecule has 210 valence electrons. The minimum absolute atomic E-state index is 0.285. The summed E-state index contributed by atoms with van der Waals surface area (Å²) in [5, 5.41) is 22.8. The molecular weight excluding hydrogens is 536 g/mol. The Labute approximate surface area is 243 Å². The van der Waals surface area contributed by atoms with E-state index in [2.05, 4.69) is 66.5 Å². The van der Waals surface area contributed by atoms with Gasteiger partial charge in [0.2, 0.25) is 6.54 Å². The van der Waals surface area contributed by atoms with E-state index in [1.165, 1.54) is 22.7 Å². The van der Waals surface area contributed by atoms with Gasteiger partial charge in [0.1, 0.15) is 17.7 Å². The van der Waals surface area contributed by atoms with Crippen molar-refractivity contribution < 1.29 is 14.4 Å². The number of fused-ring (bicyclic) bond motifs is 1. The molecule has 0 N–H and O–H groups in total. The average molecular weight is 569 g/mol. The second-order valence-electron chi connectivity index (χ2n) is 9.86. The highest BCUT2D eigenvalue weighted by Crippen LogP contribution is 2.40. The lowest BCUT2D eigenvalue weighted by Gasteiger charge is -2.18. The van der Waals surface area contributed by atoms with Gasteiger partial charge in [-0.15, -0.1) is 10.2 Å². The number of hydrogen-bond donors (Lipinski definition) is 0. The van der Waals surface area contributed by atoms with E-state index in [1.807, 2.05) is 54.8 Å². The summed E-state index contributed by atoms with van der Waals surface area (Å²) in [5.74, 6) is 1.84. The van der Waals surface area contributed by atoms with Crippen molar-refractivity contribution in [2.75, 3.05) is 13.2 Å².